The molecule has 1 aliphatic rings. The Morgan fingerprint density at radius 2 is 2.21 bits per heavy atom. The van der Waals surface area contributed by atoms with E-state index in [0.29, 0.717) is 32.1 Å². The quantitative estimate of drug-likeness (QED) is 0.507. The van der Waals surface area contributed by atoms with Crippen LogP contribution in [0.2, 0.25) is 0 Å². The molecule has 0 saturated carbocycles. The van der Waals surface area contributed by atoms with E-state index in [9.17, 15) is 4.79 Å². The van der Waals surface area contributed by atoms with Crippen LogP contribution in [0.1, 0.15) is 13.3 Å². The molecule has 0 spiro atoms. The molecule has 0 aliphatic carbocycles. The average molecular weight is 265 g/mol. The second kappa shape index (κ2) is 5.98. The molecule has 1 saturated heterocycles. The summed E-state index contributed by atoms with van der Waals surface area (Å²) in [6.45, 7) is 3.38. The van der Waals surface area contributed by atoms with Gasteiger partial charge in [-0.2, -0.15) is 0 Å². The molecule has 0 amide bonds. The van der Waals surface area contributed by atoms with Crippen molar-refractivity contribution < 1.29 is 19.6 Å². The van der Waals surface area contributed by atoms with Crippen molar-refractivity contribution in [3.63, 3.8) is 0 Å². The van der Waals surface area contributed by atoms with E-state index in [0.717, 1.165) is 0 Å². The molecule has 2 rings (SSSR count). The highest BCUT2D eigenvalue weighted by molar-refractivity contribution is 6.58. The van der Waals surface area contributed by atoms with Crippen LogP contribution in [0, 0.1) is 5.92 Å². The van der Waals surface area contributed by atoms with Crippen molar-refractivity contribution in [3.05, 3.63) is 12.4 Å². The van der Waals surface area contributed by atoms with Crippen LogP contribution in [0.15, 0.2) is 12.4 Å². The summed E-state index contributed by atoms with van der Waals surface area (Å²) in [4.78, 5) is 21.6. The van der Waals surface area contributed by atoms with E-state index in [1.807, 2.05) is 4.90 Å². The van der Waals surface area contributed by atoms with Gasteiger partial charge >= 0.3 is 13.1 Å². The molecule has 1 aromatic rings. The Labute approximate surface area is 111 Å². The third-order valence-corrected chi connectivity index (χ3v) is 3.05. The number of anilines is 1. The predicted octanol–water partition coefficient (Wildman–Crippen LogP) is -1.45. The zero-order valence-electron chi connectivity index (χ0n) is 10.7. The predicted molar refractivity (Wildman–Crippen MR) is 68.8 cm³/mol. The maximum atomic E-state index is 11.6. The van der Waals surface area contributed by atoms with Gasteiger partial charge in [-0.1, -0.05) is 0 Å². The molecule has 1 aromatic heterocycles. The topological polar surface area (TPSA) is 95.8 Å². The van der Waals surface area contributed by atoms with Crippen LogP contribution < -0.4 is 10.4 Å². The number of ether oxygens (including phenoxy) is 1. The first-order chi connectivity index (χ1) is 9.11. The van der Waals surface area contributed by atoms with Crippen LogP contribution >= 0.6 is 0 Å². The van der Waals surface area contributed by atoms with Crippen molar-refractivity contribution in [2.45, 2.75) is 13.3 Å². The Hall–Kier alpha value is -1.67. The normalized spacial score (nSPS) is 18.5. The standard InChI is InChI=1S/C11H16BN3O4/c1-2-19-10(16)8-3-4-15(7-8)11-13-5-9(6-14-11)12(17)18/h5-6,8,17-18H,2-4,7H2,1H3. The van der Waals surface area contributed by atoms with Crippen molar-refractivity contribution in [2.75, 3.05) is 24.6 Å². The molecule has 1 aliphatic heterocycles. The van der Waals surface area contributed by atoms with Crippen LogP contribution in [-0.2, 0) is 9.53 Å². The lowest BCUT2D eigenvalue weighted by atomic mass is 9.83. The first kappa shape index (κ1) is 13.8. The van der Waals surface area contributed by atoms with Crippen molar-refractivity contribution in [1.82, 2.24) is 9.97 Å². The summed E-state index contributed by atoms with van der Waals surface area (Å²) in [7, 11) is -1.57. The zero-order chi connectivity index (χ0) is 13.8. The number of carbonyl (C=O) groups excluding carboxylic acids is 1. The smallest absolute Gasteiger partial charge is 0.466 e. The van der Waals surface area contributed by atoms with Crippen molar-refractivity contribution in [1.29, 1.82) is 0 Å². The van der Waals surface area contributed by atoms with Crippen LogP contribution in [0.5, 0.6) is 0 Å². The minimum atomic E-state index is -1.57. The summed E-state index contributed by atoms with van der Waals surface area (Å²) >= 11 is 0. The lowest BCUT2D eigenvalue weighted by Crippen LogP contribution is -2.32. The van der Waals surface area contributed by atoms with Crippen LogP contribution in [0.4, 0.5) is 5.95 Å². The van der Waals surface area contributed by atoms with Gasteiger partial charge in [-0.25, -0.2) is 9.97 Å². The van der Waals surface area contributed by atoms with E-state index in [-0.39, 0.29) is 17.4 Å². The molecule has 7 nitrogen and oxygen atoms in total. The SMILES string of the molecule is CCOC(=O)C1CCN(c2ncc(B(O)O)cn2)C1. The molecule has 0 bridgehead atoms. The first-order valence-electron chi connectivity index (χ1n) is 6.21. The Balaban J connectivity index is 1.98. The van der Waals surface area contributed by atoms with Crippen LogP contribution in [0.25, 0.3) is 0 Å². The van der Waals surface area contributed by atoms with Crippen molar-refractivity contribution >= 4 is 24.5 Å². The van der Waals surface area contributed by atoms with E-state index in [4.69, 9.17) is 14.8 Å². The van der Waals surface area contributed by atoms with Crippen LogP contribution in [-0.4, -0.2) is 52.8 Å². The Morgan fingerprint density at radius 3 is 2.79 bits per heavy atom. The maximum Gasteiger partial charge on any atom is 0.491 e. The van der Waals surface area contributed by atoms with Gasteiger partial charge in [0.2, 0.25) is 5.95 Å². The summed E-state index contributed by atoms with van der Waals surface area (Å²) in [5.41, 5.74) is 0.241. The monoisotopic (exact) mass is 265 g/mol. The van der Waals surface area contributed by atoms with Gasteiger partial charge in [-0.3, -0.25) is 4.79 Å². The van der Waals surface area contributed by atoms with Gasteiger partial charge in [0.25, 0.3) is 0 Å². The number of hydrogen-bond acceptors (Lipinski definition) is 7. The molecular weight excluding hydrogens is 249 g/mol. The molecule has 1 unspecified atom stereocenters. The number of carbonyl (C=O) groups is 1. The summed E-state index contributed by atoms with van der Waals surface area (Å²) in [5, 5.41) is 17.9. The molecule has 0 radical (unpaired) electrons. The number of esters is 1. The number of aromatic nitrogens is 2. The molecule has 2 N–H and O–H groups in total. The first-order valence-corrected chi connectivity index (χ1v) is 6.21. The van der Waals surface area contributed by atoms with Crippen molar-refractivity contribution in [2.24, 2.45) is 5.92 Å². The minimum Gasteiger partial charge on any atom is -0.466 e. The number of rotatable bonds is 4. The van der Waals surface area contributed by atoms with Crippen molar-refractivity contribution in [3.8, 4) is 0 Å². The van der Waals surface area contributed by atoms with E-state index in [1.165, 1.54) is 12.4 Å². The van der Waals surface area contributed by atoms with E-state index >= 15 is 0 Å². The van der Waals surface area contributed by atoms with Gasteiger partial charge in [-0.15, -0.1) is 0 Å². The van der Waals surface area contributed by atoms with Gasteiger partial charge in [-0.05, 0) is 13.3 Å². The number of nitrogens with zero attached hydrogens (tertiary/aromatic N) is 3. The second-order valence-corrected chi connectivity index (χ2v) is 4.37. The maximum absolute atomic E-state index is 11.6. The fourth-order valence-corrected chi connectivity index (χ4v) is 2.02. The van der Waals surface area contributed by atoms with Gasteiger partial charge in [0.15, 0.2) is 0 Å². The summed E-state index contributed by atoms with van der Waals surface area (Å²) in [6, 6.07) is 0. The third kappa shape index (κ3) is 3.21. The summed E-state index contributed by atoms with van der Waals surface area (Å²) in [5.74, 6) is 0.148. The minimum absolute atomic E-state index is 0.147. The fourth-order valence-electron chi connectivity index (χ4n) is 2.02. The molecule has 2 heterocycles. The highest BCUT2D eigenvalue weighted by Crippen LogP contribution is 2.21. The second-order valence-electron chi connectivity index (χ2n) is 4.37. The third-order valence-electron chi connectivity index (χ3n) is 3.05. The molecule has 1 fully saturated rings. The average Bonchev–Trinajstić information content (AvgIpc) is 2.89. The molecule has 1 atom stereocenters. The zero-order valence-corrected chi connectivity index (χ0v) is 10.7. The molecule has 0 aromatic carbocycles. The van der Waals surface area contributed by atoms with E-state index < -0.39 is 7.12 Å². The Bertz CT molecular complexity index is 440. The van der Waals surface area contributed by atoms with E-state index in [1.54, 1.807) is 6.92 Å². The molecule has 8 heteroatoms. The largest absolute Gasteiger partial charge is 0.491 e. The Kier molecular flexibility index (Phi) is 4.33. The van der Waals surface area contributed by atoms with Crippen LogP contribution in [0.3, 0.4) is 0 Å². The molecule has 102 valence electrons. The highest BCUT2D eigenvalue weighted by Gasteiger charge is 2.30. The summed E-state index contributed by atoms with van der Waals surface area (Å²) in [6.07, 6.45) is 3.45. The molecule has 19 heavy (non-hydrogen) atoms. The lowest BCUT2D eigenvalue weighted by Gasteiger charge is -2.15. The lowest BCUT2D eigenvalue weighted by molar-refractivity contribution is -0.147. The Morgan fingerprint density at radius 1 is 1.53 bits per heavy atom. The van der Waals surface area contributed by atoms with Gasteiger partial charge in [0.1, 0.15) is 0 Å². The van der Waals surface area contributed by atoms with Gasteiger partial charge in [0, 0.05) is 30.9 Å². The molecular formula is C11H16BN3O4. The van der Waals surface area contributed by atoms with Gasteiger partial charge in [0.05, 0.1) is 12.5 Å². The highest BCUT2D eigenvalue weighted by atomic mass is 16.5. The van der Waals surface area contributed by atoms with Gasteiger partial charge < -0.3 is 19.7 Å². The fraction of sp³-hybridized carbons (Fsp3) is 0.545. The summed E-state index contributed by atoms with van der Waals surface area (Å²) < 4.78 is 4.99. The number of hydrogen-bond donors (Lipinski definition) is 2. The van der Waals surface area contributed by atoms with E-state index in [2.05, 4.69) is 9.97 Å².